The van der Waals surface area contributed by atoms with Crippen molar-refractivity contribution in [2.24, 2.45) is 0 Å². The molecule has 0 radical (unpaired) electrons. The predicted molar refractivity (Wildman–Crippen MR) is 67.4 cm³/mol. The summed E-state index contributed by atoms with van der Waals surface area (Å²) in [5.41, 5.74) is 1.35. The Balaban J connectivity index is 2.79. The average Bonchev–Trinajstić information content (AvgIpc) is 2.42. The standard InChI is InChI=1S/C12H12BrNO3/c1-6-7(13)4-5-8-9(6)12(2,3)10(15)14(8)11(16)17/h4-5H,1-3H3,(H,16,17). The number of imide groups is 1. The molecule has 2 amide bonds. The summed E-state index contributed by atoms with van der Waals surface area (Å²) in [7, 11) is 0. The van der Waals surface area contributed by atoms with Gasteiger partial charge in [0, 0.05) is 4.47 Å². The molecule has 1 aromatic carbocycles. The number of halogens is 1. The van der Waals surface area contributed by atoms with E-state index in [-0.39, 0.29) is 0 Å². The number of carboxylic acid groups (broad SMARTS) is 1. The Hall–Kier alpha value is -1.36. The van der Waals surface area contributed by atoms with Crippen LogP contribution in [0.2, 0.25) is 0 Å². The number of hydrogen-bond donors (Lipinski definition) is 1. The normalized spacial score (nSPS) is 17.2. The topological polar surface area (TPSA) is 57.6 Å². The highest BCUT2D eigenvalue weighted by atomic mass is 79.9. The minimum Gasteiger partial charge on any atom is -0.464 e. The van der Waals surface area contributed by atoms with Crippen molar-refractivity contribution in [1.82, 2.24) is 0 Å². The molecule has 0 fully saturated rings. The first kappa shape index (κ1) is 12.1. The summed E-state index contributed by atoms with van der Waals surface area (Å²) < 4.78 is 0.879. The fourth-order valence-electron chi connectivity index (χ4n) is 2.33. The average molecular weight is 298 g/mol. The van der Waals surface area contributed by atoms with Crippen LogP contribution in [0.5, 0.6) is 0 Å². The van der Waals surface area contributed by atoms with Gasteiger partial charge in [0.2, 0.25) is 5.91 Å². The van der Waals surface area contributed by atoms with Gasteiger partial charge >= 0.3 is 6.09 Å². The number of carbonyl (C=O) groups excluding carboxylic acids is 1. The van der Waals surface area contributed by atoms with E-state index in [0.29, 0.717) is 5.69 Å². The van der Waals surface area contributed by atoms with Gasteiger partial charge in [0.25, 0.3) is 0 Å². The van der Waals surface area contributed by atoms with Crippen LogP contribution in [0.1, 0.15) is 25.0 Å². The van der Waals surface area contributed by atoms with Crippen molar-refractivity contribution in [3.05, 3.63) is 27.7 Å². The van der Waals surface area contributed by atoms with Crippen LogP contribution in [0.4, 0.5) is 10.5 Å². The minimum atomic E-state index is -1.23. The molecule has 0 bridgehead atoms. The van der Waals surface area contributed by atoms with E-state index in [9.17, 15) is 9.59 Å². The van der Waals surface area contributed by atoms with Crippen molar-refractivity contribution in [2.75, 3.05) is 4.90 Å². The Morgan fingerprint density at radius 1 is 1.41 bits per heavy atom. The number of benzene rings is 1. The van der Waals surface area contributed by atoms with Gasteiger partial charge in [0.1, 0.15) is 0 Å². The number of fused-ring (bicyclic) bond motifs is 1. The summed E-state index contributed by atoms with van der Waals surface area (Å²) in [6, 6.07) is 3.42. The number of rotatable bonds is 0. The summed E-state index contributed by atoms with van der Waals surface area (Å²) in [4.78, 5) is 24.1. The molecule has 1 N–H and O–H groups in total. The fourth-order valence-corrected chi connectivity index (χ4v) is 2.66. The highest BCUT2D eigenvalue weighted by Crippen LogP contribution is 2.45. The maximum Gasteiger partial charge on any atom is 0.418 e. The van der Waals surface area contributed by atoms with Crippen molar-refractivity contribution in [3.8, 4) is 0 Å². The van der Waals surface area contributed by atoms with Crippen LogP contribution in [0.3, 0.4) is 0 Å². The third-order valence-corrected chi connectivity index (χ3v) is 4.03. The van der Waals surface area contributed by atoms with E-state index in [4.69, 9.17) is 5.11 Å². The van der Waals surface area contributed by atoms with Gasteiger partial charge in [0.15, 0.2) is 0 Å². The lowest BCUT2D eigenvalue weighted by Crippen LogP contribution is -2.39. The molecular formula is C12H12BrNO3. The van der Waals surface area contributed by atoms with E-state index in [2.05, 4.69) is 15.9 Å². The van der Waals surface area contributed by atoms with Gasteiger partial charge in [-0.05, 0) is 44.0 Å². The van der Waals surface area contributed by atoms with E-state index in [1.165, 1.54) is 0 Å². The van der Waals surface area contributed by atoms with Crippen molar-refractivity contribution < 1.29 is 14.7 Å². The van der Waals surface area contributed by atoms with E-state index < -0.39 is 17.4 Å². The molecule has 5 heteroatoms. The first-order chi connectivity index (χ1) is 7.78. The molecule has 4 nitrogen and oxygen atoms in total. The van der Waals surface area contributed by atoms with Crippen LogP contribution in [0.15, 0.2) is 16.6 Å². The summed E-state index contributed by atoms with van der Waals surface area (Å²) >= 11 is 3.40. The van der Waals surface area contributed by atoms with E-state index in [1.807, 2.05) is 6.92 Å². The van der Waals surface area contributed by atoms with E-state index >= 15 is 0 Å². The number of nitrogens with zero attached hydrogens (tertiary/aromatic N) is 1. The molecule has 1 aliphatic heterocycles. The van der Waals surface area contributed by atoms with Crippen LogP contribution in [-0.2, 0) is 10.2 Å². The number of amides is 2. The van der Waals surface area contributed by atoms with Gasteiger partial charge in [-0.25, -0.2) is 9.69 Å². The molecule has 0 atom stereocenters. The highest BCUT2D eigenvalue weighted by Gasteiger charge is 2.47. The second kappa shape index (κ2) is 3.57. The Morgan fingerprint density at radius 3 is 2.53 bits per heavy atom. The van der Waals surface area contributed by atoms with Gasteiger partial charge in [-0.15, -0.1) is 0 Å². The number of carbonyl (C=O) groups is 2. The van der Waals surface area contributed by atoms with Crippen LogP contribution >= 0.6 is 15.9 Å². The molecule has 0 spiro atoms. The van der Waals surface area contributed by atoms with Crippen molar-refractivity contribution in [2.45, 2.75) is 26.2 Å². The first-order valence-corrected chi connectivity index (χ1v) is 5.95. The largest absolute Gasteiger partial charge is 0.464 e. The summed E-state index contributed by atoms with van der Waals surface area (Å²) in [6.45, 7) is 5.37. The third kappa shape index (κ3) is 1.49. The van der Waals surface area contributed by atoms with Crippen LogP contribution < -0.4 is 4.90 Å². The Kier molecular flexibility index (Phi) is 2.54. The Labute approximate surface area is 107 Å². The molecule has 1 aliphatic rings. The quantitative estimate of drug-likeness (QED) is 0.801. The second-order valence-electron chi connectivity index (χ2n) is 4.61. The molecule has 1 heterocycles. The fraction of sp³-hybridized carbons (Fsp3) is 0.333. The lowest BCUT2D eigenvalue weighted by atomic mass is 9.83. The molecule has 0 saturated carbocycles. The van der Waals surface area contributed by atoms with E-state index in [1.54, 1.807) is 26.0 Å². The zero-order valence-corrected chi connectivity index (χ0v) is 11.3. The van der Waals surface area contributed by atoms with Crippen molar-refractivity contribution in [1.29, 1.82) is 0 Å². The van der Waals surface area contributed by atoms with Gasteiger partial charge in [-0.1, -0.05) is 15.9 Å². The number of hydrogen-bond acceptors (Lipinski definition) is 2. The summed E-state index contributed by atoms with van der Waals surface area (Å²) in [5, 5.41) is 9.12. The maximum absolute atomic E-state index is 12.1. The van der Waals surface area contributed by atoms with E-state index in [0.717, 1.165) is 20.5 Å². The number of anilines is 1. The molecule has 0 unspecified atom stereocenters. The predicted octanol–water partition coefficient (Wildman–Crippen LogP) is 3.06. The molecule has 2 rings (SSSR count). The van der Waals surface area contributed by atoms with Gasteiger partial charge in [-0.2, -0.15) is 0 Å². The smallest absolute Gasteiger partial charge is 0.418 e. The molecule has 0 aliphatic carbocycles. The van der Waals surface area contributed by atoms with Crippen LogP contribution in [0.25, 0.3) is 0 Å². The van der Waals surface area contributed by atoms with Crippen LogP contribution in [-0.4, -0.2) is 17.1 Å². The lowest BCUT2D eigenvalue weighted by molar-refractivity contribution is -0.121. The van der Waals surface area contributed by atoms with Gasteiger partial charge in [-0.3, -0.25) is 4.79 Å². The van der Waals surface area contributed by atoms with Crippen molar-refractivity contribution in [3.63, 3.8) is 0 Å². The zero-order chi connectivity index (χ0) is 13.0. The van der Waals surface area contributed by atoms with Crippen molar-refractivity contribution >= 4 is 33.6 Å². The second-order valence-corrected chi connectivity index (χ2v) is 5.47. The Bertz CT molecular complexity index is 537. The maximum atomic E-state index is 12.1. The molecule has 17 heavy (non-hydrogen) atoms. The van der Waals surface area contributed by atoms with Crippen LogP contribution in [0, 0.1) is 6.92 Å². The molecule has 1 aromatic rings. The summed E-state index contributed by atoms with van der Waals surface area (Å²) in [6.07, 6.45) is -1.23. The SMILES string of the molecule is Cc1c(Br)ccc2c1C(C)(C)C(=O)N2C(=O)O. The summed E-state index contributed by atoms with van der Waals surface area (Å²) in [5.74, 6) is -0.402. The molecule has 0 saturated heterocycles. The molecule has 0 aromatic heterocycles. The Morgan fingerprint density at radius 2 is 2.00 bits per heavy atom. The third-order valence-electron chi connectivity index (χ3n) is 3.17. The monoisotopic (exact) mass is 297 g/mol. The first-order valence-electron chi connectivity index (χ1n) is 5.15. The zero-order valence-electron chi connectivity index (χ0n) is 9.74. The lowest BCUT2D eigenvalue weighted by Gasteiger charge is -2.18. The molecular weight excluding hydrogens is 286 g/mol. The minimum absolute atomic E-state index is 0.402. The highest BCUT2D eigenvalue weighted by molar-refractivity contribution is 9.10. The van der Waals surface area contributed by atoms with Gasteiger partial charge < -0.3 is 5.11 Å². The van der Waals surface area contributed by atoms with Gasteiger partial charge in [0.05, 0.1) is 11.1 Å². The molecule has 90 valence electrons.